The van der Waals surface area contributed by atoms with Gasteiger partial charge < -0.3 is 4.74 Å². The molecular formula is C14H21NO3S. The highest BCUT2D eigenvalue weighted by molar-refractivity contribution is 7.89. The van der Waals surface area contributed by atoms with Crippen LogP contribution in [0.4, 0.5) is 0 Å². The van der Waals surface area contributed by atoms with E-state index in [1.807, 2.05) is 38.1 Å². The van der Waals surface area contributed by atoms with Crippen LogP contribution in [0.25, 0.3) is 0 Å². The minimum atomic E-state index is -3.13. The maximum Gasteiger partial charge on any atom is 0.214 e. The van der Waals surface area contributed by atoms with E-state index in [1.165, 1.54) is 0 Å². The zero-order valence-electron chi connectivity index (χ0n) is 11.5. The third-order valence-corrected chi connectivity index (χ3v) is 5.46. The highest BCUT2D eigenvalue weighted by atomic mass is 32.2. The fraction of sp³-hybridized carbons (Fsp3) is 0.571. The van der Waals surface area contributed by atoms with Crippen LogP contribution in [-0.2, 0) is 14.8 Å². The molecule has 2 rings (SSSR count). The molecule has 0 N–H and O–H groups in total. The van der Waals surface area contributed by atoms with Gasteiger partial charge in [0.1, 0.15) is 0 Å². The maximum absolute atomic E-state index is 12.1. The van der Waals surface area contributed by atoms with E-state index < -0.39 is 10.0 Å². The second-order valence-corrected chi connectivity index (χ2v) is 6.98. The summed E-state index contributed by atoms with van der Waals surface area (Å²) >= 11 is 0. The van der Waals surface area contributed by atoms with Crippen LogP contribution in [0.2, 0.25) is 0 Å². The van der Waals surface area contributed by atoms with Crippen LogP contribution in [0.3, 0.4) is 0 Å². The summed E-state index contributed by atoms with van der Waals surface area (Å²) in [6.07, 6.45) is 0.496. The Morgan fingerprint density at radius 3 is 2.79 bits per heavy atom. The normalized spacial score (nSPS) is 21.5. The lowest BCUT2D eigenvalue weighted by Gasteiger charge is -2.33. The van der Waals surface area contributed by atoms with Gasteiger partial charge in [-0.25, -0.2) is 8.42 Å². The van der Waals surface area contributed by atoms with Gasteiger partial charge >= 0.3 is 0 Å². The second-order valence-electron chi connectivity index (χ2n) is 4.89. The van der Waals surface area contributed by atoms with E-state index in [9.17, 15) is 8.42 Å². The van der Waals surface area contributed by atoms with Crippen LogP contribution in [-0.4, -0.2) is 38.2 Å². The molecule has 1 aliphatic rings. The van der Waals surface area contributed by atoms with Crippen molar-refractivity contribution in [3.63, 3.8) is 0 Å². The van der Waals surface area contributed by atoms with Crippen molar-refractivity contribution < 1.29 is 13.2 Å². The van der Waals surface area contributed by atoms with E-state index in [2.05, 4.69) is 0 Å². The number of ether oxygens (including phenoxy) is 1. The third-order valence-electron chi connectivity index (χ3n) is 3.42. The first-order chi connectivity index (χ1) is 9.04. The van der Waals surface area contributed by atoms with Crippen LogP contribution in [0.5, 0.6) is 0 Å². The van der Waals surface area contributed by atoms with Crippen molar-refractivity contribution in [1.82, 2.24) is 4.31 Å². The van der Waals surface area contributed by atoms with Crippen LogP contribution in [0.1, 0.15) is 30.6 Å². The zero-order chi connectivity index (χ0) is 13.9. The Morgan fingerprint density at radius 2 is 2.11 bits per heavy atom. The topological polar surface area (TPSA) is 46.6 Å². The van der Waals surface area contributed by atoms with Crippen molar-refractivity contribution >= 4 is 10.0 Å². The first kappa shape index (κ1) is 14.5. The van der Waals surface area contributed by atoms with Gasteiger partial charge in [-0.3, -0.25) is 0 Å². The second kappa shape index (κ2) is 6.03. The summed E-state index contributed by atoms with van der Waals surface area (Å²) in [5.74, 6) is 0.216. The number of hydrogen-bond donors (Lipinski definition) is 0. The predicted octanol–water partition coefficient (Wildman–Crippen LogP) is 2.11. The molecule has 1 atom stereocenters. The highest BCUT2D eigenvalue weighted by Crippen LogP contribution is 2.26. The number of aryl methyl sites for hydroxylation is 1. The molecule has 106 valence electrons. The third kappa shape index (κ3) is 3.35. The quantitative estimate of drug-likeness (QED) is 0.850. The van der Waals surface area contributed by atoms with E-state index >= 15 is 0 Å². The van der Waals surface area contributed by atoms with E-state index in [0.29, 0.717) is 26.1 Å². The number of nitrogens with zero attached hydrogens (tertiary/aromatic N) is 1. The van der Waals surface area contributed by atoms with Crippen LogP contribution >= 0.6 is 0 Å². The molecule has 1 aromatic carbocycles. The molecule has 19 heavy (non-hydrogen) atoms. The molecule has 1 unspecified atom stereocenters. The van der Waals surface area contributed by atoms with Gasteiger partial charge in [-0.1, -0.05) is 31.2 Å². The van der Waals surface area contributed by atoms with E-state index in [4.69, 9.17) is 4.74 Å². The summed E-state index contributed by atoms with van der Waals surface area (Å²) in [7, 11) is -3.13. The van der Waals surface area contributed by atoms with Crippen LogP contribution in [0, 0.1) is 6.92 Å². The molecule has 0 saturated carbocycles. The largest absolute Gasteiger partial charge is 0.371 e. The smallest absolute Gasteiger partial charge is 0.214 e. The Hall–Kier alpha value is -0.910. The van der Waals surface area contributed by atoms with Crippen molar-refractivity contribution in [2.75, 3.05) is 25.4 Å². The van der Waals surface area contributed by atoms with Crippen molar-refractivity contribution in [3.8, 4) is 0 Å². The lowest BCUT2D eigenvalue weighted by Crippen LogP contribution is -2.43. The Balaban J connectivity index is 2.16. The monoisotopic (exact) mass is 283 g/mol. The van der Waals surface area contributed by atoms with Gasteiger partial charge in [0.05, 0.1) is 18.5 Å². The van der Waals surface area contributed by atoms with Crippen LogP contribution in [0.15, 0.2) is 24.3 Å². The summed E-state index contributed by atoms with van der Waals surface area (Å²) in [6.45, 7) is 5.26. The Labute approximate surface area is 115 Å². The molecule has 4 nitrogen and oxygen atoms in total. The molecule has 1 fully saturated rings. The fourth-order valence-corrected chi connectivity index (χ4v) is 3.89. The summed E-state index contributed by atoms with van der Waals surface area (Å²) in [4.78, 5) is 0. The molecule has 1 heterocycles. The molecule has 1 aromatic rings. The molecule has 1 saturated heterocycles. The molecule has 0 aliphatic carbocycles. The molecule has 0 spiro atoms. The first-order valence-electron chi connectivity index (χ1n) is 6.69. The standard InChI is InChI=1S/C14H21NO3S/c1-3-10-19(16,17)15-8-9-18-14(11-15)13-7-5-4-6-12(13)2/h4-7,14H,3,8-11H2,1-2H3. The minimum Gasteiger partial charge on any atom is -0.371 e. The molecule has 0 amide bonds. The van der Waals surface area contributed by atoms with Crippen LogP contribution < -0.4 is 0 Å². The molecule has 0 bridgehead atoms. The van der Waals surface area contributed by atoms with Gasteiger partial charge in [0.25, 0.3) is 0 Å². The predicted molar refractivity (Wildman–Crippen MR) is 75.5 cm³/mol. The van der Waals surface area contributed by atoms with Gasteiger partial charge in [0.2, 0.25) is 10.0 Å². The number of sulfonamides is 1. The van der Waals surface area contributed by atoms with E-state index in [-0.39, 0.29) is 11.9 Å². The van der Waals surface area contributed by atoms with Crippen molar-refractivity contribution in [2.24, 2.45) is 0 Å². The van der Waals surface area contributed by atoms with Crippen molar-refractivity contribution in [3.05, 3.63) is 35.4 Å². The average molecular weight is 283 g/mol. The Bertz CT molecular complexity index is 527. The fourth-order valence-electron chi connectivity index (χ4n) is 2.40. The molecule has 1 aliphatic heterocycles. The summed E-state index contributed by atoms with van der Waals surface area (Å²) < 4.78 is 31.5. The molecule has 0 aromatic heterocycles. The van der Waals surface area contributed by atoms with Gasteiger partial charge in [-0.15, -0.1) is 0 Å². The number of hydrogen-bond acceptors (Lipinski definition) is 3. The highest BCUT2D eigenvalue weighted by Gasteiger charge is 2.30. The Morgan fingerprint density at radius 1 is 1.37 bits per heavy atom. The Kier molecular flexibility index (Phi) is 4.60. The number of rotatable bonds is 4. The zero-order valence-corrected chi connectivity index (χ0v) is 12.3. The van der Waals surface area contributed by atoms with Gasteiger partial charge in [0.15, 0.2) is 0 Å². The molecule has 5 heteroatoms. The average Bonchev–Trinajstić information content (AvgIpc) is 2.39. The lowest BCUT2D eigenvalue weighted by atomic mass is 10.0. The number of benzene rings is 1. The summed E-state index contributed by atoms with van der Waals surface area (Å²) in [6, 6.07) is 7.98. The van der Waals surface area contributed by atoms with Gasteiger partial charge in [-0.05, 0) is 24.5 Å². The maximum atomic E-state index is 12.1. The summed E-state index contributed by atoms with van der Waals surface area (Å²) in [5, 5.41) is 0. The van der Waals surface area contributed by atoms with Crippen molar-refractivity contribution in [2.45, 2.75) is 26.4 Å². The SMILES string of the molecule is CCCS(=O)(=O)N1CCOC(c2ccccc2C)C1. The minimum absolute atomic E-state index is 0.151. The van der Waals surface area contributed by atoms with Gasteiger partial charge in [0, 0.05) is 13.1 Å². The summed E-state index contributed by atoms with van der Waals surface area (Å²) in [5.41, 5.74) is 2.22. The van der Waals surface area contributed by atoms with Gasteiger partial charge in [-0.2, -0.15) is 4.31 Å². The molecule has 0 radical (unpaired) electrons. The first-order valence-corrected chi connectivity index (χ1v) is 8.30. The van der Waals surface area contributed by atoms with E-state index in [0.717, 1.165) is 11.1 Å². The van der Waals surface area contributed by atoms with Crippen molar-refractivity contribution in [1.29, 1.82) is 0 Å². The number of morpholine rings is 1. The van der Waals surface area contributed by atoms with E-state index in [1.54, 1.807) is 4.31 Å². The lowest BCUT2D eigenvalue weighted by molar-refractivity contribution is -0.00287. The molecular weight excluding hydrogens is 262 g/mol.